The molecule has 1 aromatic carbocycles. The average molecular weight is 262 g/mol. The molecule has 0 spiro atoms. The highest BCUT2D eigenvalue weighted by Gasteiger charge is 2.26. The first kappa shape index (κ1) is 13.7. The van der Waals surface area contributed by atoms with E-state index in [-0.39, 0.29) is 5.91 Å². The summed E-state index contributed by atoms with van der Waals surface area (Å²) in [6.07, 6.45) is 2.16. The Bertz CT molecular complexity index is 473. The van der Waals surface area contributed by atoms with E-state index in [9.17, 15) is 4.79 Å². The van der Waals surface area contributed by atoms with Crippen molar-refractivity contribution in [3.05, 3.63) is 23.8 Å². The number of carbonyl (C=O) groups is 1. The molecule has 1 saturated heterocycles. The van der Waals surface area contributed by atoms with Crippen LogP contribution < -0.4 is 11.5 Å². The second kappa shape index (κ2) is 5.48. The zero-order valence-corrected chi connectivity index (χ0v) is 11.6. The molecule has 1 aliphatic heterocycles. The van der Waals surface area contributed by atoms with Crippen LogP contribution in [0.5, 0.6) is 0 Å². The molecular formula is C14H22N4O. The van der Waals surface area contributed by atoms with Crippen molar-refractivity contribution >= 4 is 17.3 Å². The van der Waals surface area contributed by atoms with Gasteiger partial charge in [-0.3, -0.25) is 4.79 Å². The van der Waals surface area contributed by atoms with Gasteiger partial charge in [-0.1, -0.05) is 0 Å². The predicted molar refractivity (Wildman–Crippen MR) is 77.9 cm³/mol. The van der Waals surface area contributed by atoms with Crippen molar-refractivity contribution < 1.29 is 4.79 Å². The second-order valence-electron chi connectivity index (χ2n) is 5.36. The molecule has 1 fully saturated rings. The molecule has 5 nitrogen and oxygen atoms in total. The Balaban J connectivity index is 2.15. The highest BCUT2D eigenvalue weighted by Crippen LogP contribution is 2.21. The monoisotopic (exact) mass is 262 g/mol. The van der Waals surface area contributed by atoms with E-state index in [1.807, 2.05) is 4.90 Å². The van der Waals surface area contributed by atoms with Crippen LogP contribution in [0.1, 0.15) is 23.2 Å². The number of nitrogens with two attached hydrogens (primary N) is 2. The van der Waals surface area contributed by atoms with Gasteiger partial charge in [0.2, 0.25) is 0 Å². The van der Waals surface area contributed by atoms with E-state index < -0.39 is 0 Å². The lowest BCUT2D eigenvalue weighted by atomic mass is 10.0. The average Bonchev–Trinajstić information content (AvgIpc) is 2.38. The fraction of sp³-hybridized carbons (Fsp3) is 0.500. The normalized spacial score (nSPS) is 19.7. The van der Waals surface area contributed by atoms with Gasteiger partial charge >= 0.3 is 0 Å². The van der Waals surface area contributed by atoms with Crippen molar-refractivity contribution in [2.75, 3.05) is 38.7 Å². The van der Waals surface area contributed by atoms with Crippen molar-refractivity contribution in [3.8, 4) is 0 Å². The predicted octanol–water partition coefficient (Wildman–Crippen LogP) is 1.02. The van der Waals surface area contributed by atoms with E-state index >= 15 is 0 Å². The highest BCUT2D eigenvalue weighted by molar-refractivity contribution is 5.99. The third-order valence-corrected chi connectivity index (χ3v) is 3.72. The molecule has 4 N–H and O–H groups in total. The van der Waals surface area contributed by atoms with E-state index in [0.29, 0.717) is 23.0 Å². The van der Waals surface area contributed by atoms with Gasteiger partial charge in [0.25, 0.3) is 5.91 Å². The van der Waals surface area contributed by atoms with Gasteiger partial charge in [0.1, 0.15) is 0 Å². The number of piperidine rings is 1. The molecule has 0 radical (unpaired) electrons. The van der Waals surface area contributed by atoms with Crippen molar-refractivity contribution in [1.29, 1.82) is 0 Å². The van der Waals surface area contributed by atoms with Crippen LogP contribution in [-0.2, 0) is 0 Å². The Hall–Kier alpha value is -1.75. The molecule has 1 heterocycles. The maximum absolute atomic E-state index is 12.5. The minimum Gasteiger partial charge on any atom is -0.399 e. The largest absolute Gasteiger partial charge is 0.399 e. The third kappa shape index (κ3) is 2.98. The number of carbonyl (C=O) groups excluding carboxylic acids is 1. The zero-order chi connectivity index (χ0) is 14.0. The summed E-state index contributed by atoms with van der Waals surface area (Å²) in [6, 6.07) is 5.50. The molecule has 0 saturated carbocycles. The van der Waals surface area contributed by atoms with Gasteiger partial charge in [-0.25, -0.2) is 0 Å². The van der Waals surface area contributed by atoms with E-state index in [4.69, 9.17) is 11.5 Å². The molecule has 1 aromatic rings. The fourth-order valence-corrected chi connectivity index (χ4v) is 2.51. The molecule has 1 amide bonds. The molecule has 2 rings (SSSR count). The molecule has 1 atom stereocenters. The number of nitrogen functional groups attached to an aromatic ring is 2. The van der Waals surface area contributed by atoms with Gasteiger partial charge in [-0.05, 0) is 45.1 Å². The van der Waals surface area contributed by atoms with Crippen LogP contribution in [0, 0.1) is 0 Å². The summed E-state index contributed by atoms with van der Waals surface area (Å²) < 4.78 is 0. The Kier molecular flexibility index (Phi) is 3.95. The third-order valence-electron chi connectivity index (χ3n) is 3.72. The van der Waals surface area contributed by atoms with Crippen LogP contribution >= 0.6 is 0 Å². The minimum absolute atomic E-state index is 0.00375. The summed E-state index contributed by atoms with van der Waals surface area (Å²) in [5.41, 5.74) is 13.1. The van der Waals surface area contributed by atoms with Crippen molar-refractivity contribution in [2.24, 2.45) is 0 Å². The number of amides is 1. The van der Waals surface area contributed by atoms with Crippen LogP contribution in [0.2, 0.25) is 0 Å². The van der Waals surface area contributed by atoms with Crippen LogP contribution in [0.25, 0.3) is 0 Å². The number of hydrogen-bond acceptors (Lipinski definition) is 4. The van der Waals surface area contributed by atoms with Crippen molar-refractivity contribution in [3.63, 3.8) is 0 Å². The second-order valence-corrected chi connectivity index (χ2v) is 5.36. The van der Waals surface area contributed by atoms with E-state index in [1.54, 1.807) is 18.2 Å². The van der Waals surface area contributed by atoms with Crippen LogP contribution in [0.4, 0.5) is 11.4 Å². The molecular weight excluding hydrogens is 240 g/mol. The highest BCUT2D eigenvalue weighted by atomic mass is 16.2. The van der Waals surface area contributed by atoms with Gasteiger partial charge in [-0.2, -0.15) is 0 Å². The minimum atomic E-state index is 0.00375. The molecule has 1 aliphatic rings. The molecule has 19 heavy (non-hydrogen) atoms. The summed E-state index contributed by atoms with van der Waals surface area (Å²) in [6.45, 7) is 1.56. The number of likely N-dealkylation sites (tertiary alicyclic amines) is 1. The number of likely N-dealkylation sites (N-methyl/N-ethyl adjacent to an activating group) is 1. The van der Waals surface area contributed by atoms with E-state index in [1.165, 1.54) is 0 Å². The lowest BCUT2D eigenvalue weighted by Gasteiger charge is -2.36. The lowest BCUT2D eigenvalue weighted by Crippen LogP contribution is -2.47. The van der Waals surface area contributed by atoms with Crippen molar-refractivity contribution in [1.82, 2.24) is 9.80 Å². The standard InChI is InChI=1S/C14H22N4O/c1-17(2)11-4-3-7-18(9-11)14(19)12-6-5-10(15)8-13(12)16/h5-6,8,11H,3-4,7,9,15-16H2,1-2H3. The maximum atomic E-state index is 12.5. The summed E-state index contributed by atoms with van der Waals surface area (Å²) >= 11 is 0. The topological polar surface area (TPSA) is 75.6 Å². The lowest BCUT2D eigenvalue weighted by molar-refractivity contribution is 0.0636. The molecule has 0 bridgehead atoms. The first-order valence-corrected chi connectivity index (χ1v) is 6.59. The van der Waals surface area contributed by atoms with Crippen LogP contribution in [0.15, 0.2) is 18.2 Å². The molecule has 0 aromatic heterocycles. The zero-order valence-electron chi connectivity index (χ0n) is 11.6. The smallest absolute Gasteiger partial charge is 0.255 e. The van der Waals surface area contributed by atoms with Crippen LogP contribution in [-0.4, -0.2) is 48.9 Å². The van der Waals surface area contributed by atoms with Gasteiger partial charge in [0.05, 0.1) is 5.56 Å². The first-order valence-electron chi connectivity index (χ1n) is 6.59. The summed E-state index contributed by atoms with van der Waals surface area (Å²) in [5, 5.41) is 0. The number of benzene rings is 1. The molecule has 0 aliphatic carbocycles. The molecule has 104 valence electrons. The first-order chi connectivity index (χ1) is 8.99. The summed E-state index contributed by atoms with van der Waals surface area (Å²) in [4.78, 5) is 16.5. The quantitative estimate of drug-likeness (QED) is 0.780. The van der Waals surface area contributed by atoms with Gasteiger partial charge in [-0.15, -0.1) is 0 Å². The Morgan fingerprint density at radius 3 is 2.74 bits per heavy atom. The number of anilines is 2. The van der Waals surface area contributed by atoms with E-state index in [0.717, 1.165) is 25.9 Å². The summed E-state index contributed by atoms with van der Waals surface area (Å²) in [5.74, 6) is 0.00375. The number of hydrogen-bond donors (Lipinski definition) is 2. The van der Waals surface area contributed by atoms with Crippen LogP contribution in [0.3, 0.4) is 0 Å². The number of rotatable bonds is 2. The summed E-state index contributed by atoms with van der Waals surface area (Å²) in [7, 11) is 4.10. The SMILES string of the molecule is CN(C)C1CCCN(C(=O)c2ccc(N)cc2N)C1. The fourth-order valence-electron chi connectivity index (χ4n) is 2.51. The van der Waals surface area contributed by atoms with E-state index in [2.05, 4.69) is 19.0 Å². The van der Waals surface area contributed by atoms with Gasteiger partial charge in [0, 0.05) is 30.5 Å². The molecule has 5 heteroatoms. The van der Waals surface area contributed by atoms with Gasteiger partial charge in [0.15, 0.2) is 0 Å². The Labute approximate surface area is 114 Å². The van der Waals surface area contributed by atoms with Gasteiger partial charge < -0.3 is 21.3 Å². The Morgan fingerprint density at radius 1 is 1.37 bits per heavy atom. The molecule has 1 unspecified atom stereocenters. The number of nitrogens with zero attached hydrogens (tertiary/aromatic N) is 2. The maximum Gasteiger partial charge on any atom is 0.255 e. The van der Waals surface area contributed by atoms with Crippen molar-refractivity contribution in [2.45, 2.75) is 18.9 Å². The Morgan fingerprint density at radius 2 is 2.11 bits per heavy atom.